The van der Waals surface area contributed by atoms with Crippen molar-refractivity contribution in [1.82, 2.24) is 9.88 Å². The molecule has 6 bridgehead atoms. The van der Waals surface area contributed by atoms with E-state index in [2.05, 4.69) is 71.7 Å². The van der Waals surface area contributed by atoms with Gasteiger partial charge in [-0.2, -0.15) is 0 Å². The molecule has 5 aliphatic rings. The molecule has 56 heavy (non-hydrogen) atoms. The number of nitrogens with two attached hydrogens (primary N) is 1. The van der Waals surface area contributed by atoms with Gasteiger partial charge in [0.1, 0.15) is 12.4 Å². The lowest BCUT2D eigenvalue weighted by atomic mass is 9.57. The predicted molar refractivity (Wildman–Crippen MR) is 218 cm³/mol. The number of fused-ring (bicyclic) bond motifs is 10. The molecule has 0 spiro atoms. The molecule has 9 nitrogen and oxygen atoms in total. The summed E-state index contributed by atoms with van der Waals surface area (Å²) in [5.74, 6) is 1.98. The van der Waals surface area contributed by atoms with Gasteiger partial charge in [-0.05, 0) is 127 Å². The number of nitrogens with one attached hydrogen (secondary N) is 1. The van der Waals surface area contributed by atoms with Crippen LogP contribution in [0.1, 0.15) is 98.1 Å². The van der Waals surface area contributed by atoms with Crippen LogP contribution < -0.4 is 15.8 Å². The molecule has 2 saturated heterocycles. The molecule has 296 valence electrons. The van der Waals surface area contributed by atoms with Gasteiger partial charge >= 0.3 is 0 Å². The average molecular weight is 760 g/mol. The Hall–Kier alpha value is -4.12. The topological polar surface area (TPSA) is 131 Å². The second-order valence-corrected chi connectivity index (χ2v) is 16.9. The van der Waals surface area contributed by atoms with Crippen molar-refractivity contribution in [2.75, 3.05) is 13.2 Å². The number of aryl methyl sites for hydroxylation is 2. The molecule has 0 amide bonds. The van der Waals surface area contributed by atoms with Crippen molar-refractivity contribution in [2.45, 2.75) is 121 Å². The number of nitrogens with zero attached hydrogens (tertiary/aromatic N) is 1. The highest BCUT2D eigenvalue weighted by Gasteiger charge is 2.47. The number of aliphatic hydroxyl groups is 2. The highest BCUT2D eigenvalue weighted by Crippen LogP contribution is 2.52. The molecule has 0 saturated carbocycles. The van der Waals surface area contributed by atoms with Crippen LogP contribution in [-0.4, -0.2) is 57.6 Å². The molecule has 7 atom stereocenters. The van der Waals surface area contributed by atoms with Gasteiger partial charge in [0.05, 0.1) is 37.7 Å². The Morgan fingerprint density at radius 3 is 2.75 bits per heavy atom. The van der Waals surface area contributed by atoms with Gasteiger partial charge < -0.3 is 45.1 Å². The minimum Gasteiger partial charge on any atom is -0.504 e. The quantitative estimate of drug-likeness (QED) is 0.143. The summed E-state index contributed by atoms with van der Waals surface area (Å²) in [5.41, 5.74) is 14.0. The fraction of sp³-hybridized carbons (Fsp3) is 0.489. The summed E-state index contributed by atoms with van der Waals surface area (Å²) in [6.45, 7) is 3.67. The van der Waals surface area contributed by atoms with Crippen molar-refractivity contribution < 1.29 is 29.5 Å². The van der Waals surface area contributed by atoms with Crippen LogP contribution in [0.3, 0.4) is 0 Å². The summed E-state index contributed by atoms with van der Waals surface area (Å²) in [5, 5.41) is 38.8. The van der Waals surface area contributed by atoms with Gasteiger partial charge in [-0.1, -0.05) is 56.2 Å². The average Bonchev–Trinajstić information content (AvgIpc) is 3.66. The van der Waals surface area contributed by atoms with Gasteiger partial charge in [0.25, 0.3) is 0 Å². The van der Waals surface area contributed by atoms with Crippen LogP contribution in [0, 0.1) is 11.8 Å². The number of phenols is 1. The molecule has 4 aromatic rings. The monoisotopic (exact) mass is 759 g/mol. The summed E-state index contributed by atoms with van der Waals surface area (Å²) in [6.07, 6.45) is 17.2. The molecule has 0 radical (unpaired) electrons. The minimum atomic E-state index is -0.589. The molecule has 1 aliphatic carbocycles. The van der Waals surface area contributed by atoms with Gasteiger partial charge in [0.2, 0.25) is 0 Å². The maximum absolute atomic E-state index is 11.5. The molecule has 4 aliphatic heterocycles. The molecular formula is C47H57N3O6. The minimum absolute atomic E-state index is 0.00981. The number of hydrogen-bond acceptors (Lipinski definition) is 8. The van der Waals surface area contributed by atoms with Gasteiger partial charge in [0.15, 0.2) is 11.5 Å². The summed E-state index contributed by atoms with van der Waals surface area (Å²) >= 11 is 0. The molecule has 9 heteroatoms. The molecule has 9 rings (SSSR count). The summed E-state index contributed by atoms with van der Waals surface area (Å²) in [7, 11) is 0. The van der Waals surface area contributed by atoms with Crippen LogP contribution in [0.15, 0.2) is 78.6 Å². The fourth-order valence-electron chi connectivity index (χ4n) is 10.6. The Morgan fingerprint density at radius 1 is 1.00 bits per heavy atom. The lowest BCUT2D eigenvalue weighted by Gasteiger charge is -2.49. The van der Waals surface area contributed by atoms with E-state index in [-0.39, 0.29) is 42.8 Å². The van der Waals surface area contributed by atoms with E-state index in [0.717, 1.165) is 91.3 Å². The molecule has 1 aromatic heterocycles. The smallest absolute Gasteiger partial charge is 0.161 e. The predicted octanol–water partition coefficient (Wildman–Crippen LogP) is 7.35. The number of dihydropyridines is 1. The number of hydrogen-bond donors (Lipinski definition) is 5. The van der Waals surface area contributed by atoms with Crippen LogP contribution in [-0.2, 0) is 40.9 Å². The highest BCUT2D eigenvalue weighted by atomic mass is 16.5. The second-order valence-electron chi connectivity index (χ2n) is 16.9. The summed E-state index contributed by atoms with van der Waals surface area (Å²) < 4.78 is 22.0. The normalized spacial score (nSPS) is 29.1. The first-order valence-electron chi connectivity index (χ1n) is 21.0. The lowest BCUT2D eigenvalue weighted by molar-refractivity contribution is -0.0873. The number of aromatic nitrogens is 1. The Balaban J connectivity index is 1.22. The third-order valence-electron chi connectivity index (χ3n) is 13.6. The van der Waals surface area contributed by atoms with Crippen molar-refractivity contribution in [2.24, 2.45) is 17.6 Å². The largest absolute Gasteiger partial charge is 0.504 e. The second kappa shape index (κ2) is 15.7. The Morgan fingerprint density at radius 2 is 1.88 bits per heavy atom. The number of rotatable bonds is 5. The van der Waals surface area contributed by atoms with Crippen LogP contribution in [0.25, 0.3) is 16.6 Å². The molecule has 3 aromatic carbocycles. The molecule has 6 N–H and O–H groups in total. The maximum atomic E-state index is 11.5. The maximum Gasteiger partial charge on any atom is 0.161 e. The van der Waals surface area contributed by atoms with Gasteiger partial charge in [-0.3, -0.25) is 0 Å². The zero-order valence-electron chi connectivity index (χ0n) is 32.6. The van der Waals surface area contributed by atoms with Crippen LogP contribution in [0.4, 0.5) is 0 Å². The number of aromatic hydroxyl groups is 1. The summed E-state index contributed by atoms with van der Waals surface area (Å²) in [4.78, 5) is 0. The van der Waals surface area contributed by atoms with Crippen molar-refractivity contribution >= 4 is 16.6 Å². The van der Waals surface area contributed by atoms with E-state index < -0.39 is 6.10 Å². The Labute approximate surface area is 330 Å². The zero-order chi connectivity index (χ0) is 38.4. The van der Waals surface area contributed by atoms with E-state index in [1.165, 1.54) is 16.7 Å². The first-order chi connectivity index (χ1) is 27.3. The van der Waals surface area contributed by atoms with Crippen molar-refractivity contribution in [3.05, 3.63) is 112 Å². The van der Waals surface area contributed by atoms with Crippen LogP contribution in [0.2, 0.25) is 0 Å². The van der Waals surface area contributed by atoms with Crippen molar-refractivity contribution in [3.8, 4) is 11.5 Å². The lowest BCUT2D eigenvalue weighted by Crippen LogP contribution is -2.47. The van der Waals surface area contributed by atoms with Crippen LogP contribution >= 0.6 is 0 Å². The molecule has 5 heterocycles. The van der Waals surface area contributed by atoms with Crippen molar-refractivity contribution in [3.63, 3.8) is 0 Å². The van der Waals surface area contributed by atoms with Gasteiger partial charge in [-0.25, -0.2) is 0 Å². The van der Waals surface area contributed by atoms with E-state index in [1.54, 1.807) is 6.07 Å². The number of benzene rings is 3. The van der Waals surface area contributed by atoms with E-state index >= 15 is 0 Å². The third kappa shape index (κ3) is 6.85. The van der Waals surface area contributed by atoms with E-state index in [0.29, 0.717) is 49.0 Å². The zero-order valence-corrected chi connectivity index (χ0v) is 32.6. The van der Waals surface area contributed by atoms with E-state index in [4.69, 9.17) is 19.9 Å². The number of unbranched alkanes of at least 4 members (excludes halogenated alkanes) is 1. The molecule has 7 unspecified atom stereocenters. The van der Waals surface area contributed by atoms with Crippen LogP contribution in [0.5, 0.6) is 11.5 Å². The fourth-order valence-corrected chi connectivity index (χ4v) is 10.6. The van der Waals surface area contributed by atoms with E-state index in [1.807, 2.05) is 12.1 Å². The van der Waals surface area contributed by atoms with Gasteiger partial charge in [0, 0.05) is 40.8 Å². The van der Waals surface area contributed by atoms with E-state index in [9.17, 15) is 15.3 Å². The Kier molecular flexibility index (Phi) is 10.5. The third-order valence-corrected chi connectivity index (χ3v) is 13.6. The SMILES string of the molecule is CCCCC1CCC2OC1CC(O)CCc1cc(c(O)cc1CO)OCc1cc(C34CCOCC3CCc3ccccc34)cc3cn(cc13)C1=C2C=CC(N)N1. The van der Waals surface area contributed by atoms with Crippen molar-refractivity contribution in [1.29, 1.82) is 0 Å². The first-order valence-corrected chi connectivity index (χ1v) is 21.0. The Bertz CT molecular complexity index is 2140. The number of phenolic OH excluding ortho intramolecular Hbond substituents is 1. The highest BCUT2D eigenvalue weighted by molar-refractivity contribution is 5.88. The number of aliphatic hydroxyl groups excluding tert-OH is 2. The first kappa shape index (κ1) is 37.5. The molecular weight excluding hydrogens is 703 g/mol. The standard InChI is InChI=1S/C47H57N3O6/c1-2-3-6-30-11-15-42-38-14-16-45(48)49-46(38)50-24-32-19-36(47-17-18-54-28-35(47)12-9-29-7-4-5-8-40(29)47)20-34(39(32)25-50)27-55-44-22-31(33(26-51)21-41(44)53)10-13-37(52)23-43(30)56-42/h4-5,7-8,14,16,19-22,24-25,30,35,37,42-43,45,49,51-53H,2-3,6,9-13,15,17-18,23,26-28,48H2,1H3. The van der Waals surface area contributed by atoms with Gasteiger partial charge in [-0.15, -0.1) is 0 Å². The molecule has 2 fully saturated rings. The number of ether oxygens (including phenoxy) is 3. The summed E-state index contributed by atoms with van der Waals surface area (Å²) in [6, 6.07) is 17.1.